The van der Waals surface area contributed by atoms with Crippen molar-refractivity contribution in [1.29, 1.82) is 0 Å². The lowest BCUT2D eigenvalue weighted by Crippen LogP contribution is -2.56. The third-order valence-electron chi connectivity index (χ3n) is 5.43. The third kappa shape index (κ3) is 3.53. The van der Waals surface area contributed by atoms with Gasteiger partial charge in [0.2, 0.25) is 5.91 Å². The van der Waals surface area contributed by atoms with Crippen molar-refractivity contribution in [3.8, 4) is 0 Å². The highest BCUT2D eigenvalue weighted by Crippen LogP contribution is 2.42. The van der Waals surface area contributed by atoms with E-state index < -0.39 is 17.3 Å². The van der Waals surface area contributed by atoms with Crippen molar-refractivity contribution in [2.75, 3.05) is 25.7 Å². The van der Waals surface area contributed by atoms with Crippen molar-refractivity contribution in [2.24, 2.45) is 0 Å². The monoisotopic (exact) mass is 380 g/mol. The second-order valence-corrected chi connectivity index (χ2v) is 7.68. The Morgan fingerprint density at radius 1 is 1.42 bits per heavy atom. The fourth-order valence-corrected chi connectivity index (χ4v) is 4.46. The molecule has 0 aromatic carbocycles. The molecule has 8 heteroatoms. The van der Waals surface area contributed by atoms with Crippen molar-refractivity contribution < 1.29 is 23.5 Å². The number of amides is 2. The molecule has 142 valence electrons. The lowest BCUT2D eigenvalue weighted by atomic mass is 9.78. The molecule has 2 aliphatic rings. The van der Waals surface area contributed by atoms with Gasteiger partial charge in [-0.1, -0.05) is 0 Å². The van der Waals surface area contributed by atoms with E-state index in [4.69, 9.17) is 9.15 Å². The van der Waals surface area contributed by atoms with Gasteiger partial charge in [-0.2, -0.15) is 11.8 Å². The van der Waals surface area contributed by atoms with E-state index in [0.717, 1.165) is 12.8 Å². The maximum Gasteiger partial charge on any atom is 0.298 e. The van der Waals surface area contributed by atoms with Crippen molar-refractivity contribution in [3.05, 3.63) is 24.2 Å². The first-order chi connectivity index (χ1) is 12.5. The van der Waals surface area contributed by atoms with Crippen molar-refractivity contribution in [1.82, 2.24) is 10.2 Å². The van der Waals surface area contributed by atoms with Crippen LogP contribution in [0, 0.1) is 0 Å². The average Bonchev–Trinajstić information content (AvgIpc) is 3.29. The van der Waals surface area contributed by atoms with Gasteiger partial charge in [0.1, 0.15) is 0 Å². The number of thioether (sulfide) groups is 1. The molecule has 0 radical (unpaired) electrons. The summed E-state index contributed by atoms with van der Waals surface area (Å²) in [6, 6.07) is 2.83. The number of nitrogens with zero attached hydrogens (tertiary/aromatic N) is 1. The summed E-state index contributed by atoms with van der Waals surface area (Å²) in [5, 5.41) is 3.03. The van der Waals surface area contributed by atoms with Gasteiger partial charge in [-0.05, 0) is 44.1 Å². The minimum Gasteiger partial charge on any atom is -0.461 e. The predicted molar refractivity (Wildman–Crippen MR) is 97.1 cm³/mol. The molecule has 7 nitrogen and oxygen atoms in total. The molecule has 3 atom stereocenters. The number of ether oxygens (including phenoxy) is 1. The van der Waals surface area contributed by atoms with E-state index in [1.165, 1.54) is 24.1 Å². The van der Waals surface area contributed by atoms with Gasteiger partial charge >= 0.3 is 0 Å². The standard InChI is InChI=1S/C18H24N2O5S/c1-24-18-6-5-12(19-15(21)11-26-2)10-14(18)20(8-7-18)17(23)16(22)13-4-3-9-25-13/h3-4,9,12,14H,5-8,10-11H2,1-2H3,(H,19,21)/t12-,14+,18-/m1/s1. The second-order valence-electron chi connectivity index (χ2n) is 6.81. The van der Waals surface area contributed by atoms with Gasteiger partial charge in [0.15, 0.2) is 5.76 Å². The maximum atomic E-state index is 12.8. The highest BCUT2D eigenvalue weighted by molar-refractivity contribution is 7.99. The SMILES string of the molecule is CO[C@@]12CC[C@@H](NC(=O)CSC)C[C@@H]1N(C(=O)C(=O)c1ccco1)CC2. The molecule has 0 unspecified atom stereocenters. The van der Waals surface area contributed by atoms with Crippen LogP contribution in [0.3, 0.4) is 0 Å². The van der Waals surface area contributed by atoms with Crippen LogP contribution in [0.2, 0.25) is 0 Å². The van der Waals surface area contributed by atoms with Crippen LogP contribution in [0.1, 0.15) is 36.2 Å². The maximum absolute atomic E-state index is 12.8. The number of fused-ring (bicyclic) bond motifs is 1. The van der Waals surface area contributed by atoms with E-state index in [9.17, 15) is 14.4 Å². The number of nitrogens with one attached hydrogen (secondary N) is 1. The minimum atomic E-state index is -0.643. The van der Waals surface area contributed by atoms with Crippen LogP contribution in [0.15, 0.2) is 22.8 Å². The van der Waals surface area contributed by atoms with Crippen molar-refractivity contribution in [3.63, 3.8) is 0 Å². The number of likely N-dealkylation sites (tertiary alicyclic amines) is 1. The van der Waals surface area contributed by atoms with E-state index >= 15 is 0 Å². The Balaban J connectivity index is 1.74. The summed E-state index contributed by atoms with van der Waals surface area (Å²) < 4.78 is 10.9. The smallest absolute Gasteiger partial charge is 0.298 e. The first-order valence-electron chi connectivity index (χ1n) is 8.73. The molecule has 2 heterocycles. The highest BCUT2D eigenvalue weighted by Gasteiger charge is 2.53. The topological polar surface area (TPSA) is 88.9 Å². The number of ketones is 1. The number of methoxy groups -OCH3 is 1. The summed E-state index contributed by atoms with van der Waals surface area (Å²) in [4.78, 5) is 38.7. The lowest BCUT2D eigenvalue weighted by molar-refractivity contribution is -0.133. The first-order valence-corrected chi connectivity index (χ1v) is 10.1. The number of hydrogen-bond donors (Lipinski definition) is 1. The van der Waals surface area contributed by atoms with Gasteiger partial charge in [-0.15, -0.1) is 0 Å². The second kappa shape index (κ2) is 7.84. The van der Waals surface area contributed by atoms with Crippen LogP contribution in [0.5, 0.6) is 0 Å². The fraction of sp³-hybridized carbons (Fsp3) is 0.611. The van der Waals surface area contributed by atoms with E-state index in [-0.39, 0.29) is 23.8 Å². The number of rotatable bonds is 6. The number of carbonyl (C=O) groups excluding carboxylic acids is 3. The quantitative estimate of drug-likeness (QED) is 0.594. The Labute approximate surface area is 156 Å². The van der Waals surface area contributed by atoms with Crippen LogP contribution >= 0.6 is 11.8 Å². The number of Topliss-reactive ketones (excluding diaryl/α,β-unsaturated/α-hetero) is 1. The largest absolute Gasteiger partial charge is 0.461 e. The van der Waals surface area contributed by atoms with Crippen LogP contribution in [-0.2, 0) is 14.3 Å². The first kappa shape index (κ1) is 19.0. The summed E-state index contributed by atoms with van der Waals surface area (Å²) in [7, 11) is 1.65. The van der Waals surface area contributed by atoms with Gasteiger partial charge in [-0.3, -0.25) is 14.4 Å². The van der Waals surface area contributed by atoms with Crippen LogP contribution in [-0.4, -0.2) is 65.8 Å². The molecule has 3 rings (SSSR count). The summed E-state index contributed by atoms with van der Waals surface area (Å²) in [5.41, 5.74) is -0.445. The molecule has 1 aromatic heterocycles. The zero-order chi connectivity index (χ0) is 18.7. The van der Waals surface area contributed by atoms with E-state index in [0.29, 0.717) is 25.1 Å². The molecule has 1 saturated carbocycles. The number of hydrogen-bond acceptors (Lipinski definition) is 6. The van der Waals surface area contributed by atoms with Gasteiger partial charge in [-0.25, -0.2) is 0 Å². The van der Waals surface area contributed by atoms with Crippen molar-refractivity contribution >= 4 is 29.4 Å². The molecular formula is C18H24N2O5S. The molecule has 26 heavy (non-hydrogen) atoms. The molecule has 1 saturated heterocycles. The minimum absolute atomic E-state index is 0.00467. The van der Waals surface area contributed by atoms with E-state index in [2.05, 4.69) is 5.32 Å². The fourth-order valence-electron chi connectivity index (χ4n) is 4.11. The van der Waals surface area contributed by atoms with Gasteiger partial charge in [0.25, 0.3) is 11.7 Å². The molecule has 0 spiro atoms. The summed E-state index contributed by atoms with van der Waals surface area (Å²) in [6.07, 6.45) is 6.09. The van der Waals surface area contributed by atoms with Crippen LogP contribution < -0.4 is 5.32 Å². The van der Waals surface area contributed by atoms with Gasteiger partial charge in [0, 0.05) is 19.7 Å². The van der Waals surface area contributed by atoms with Gasteiger partial charge in [0.05, 0.1) is 23.7 Å². The predicted octanol–water partition coefficient (Wildman–Crippen LogP) is 1.48. The highest BCUT2D eigenvalue weighted by atomic mass is 32.2. The van der Waals surface area contributed by atoms with Gasteiger partial charge < -0.3 is 19.4 Å². The number of furan rings is 1. The molecular weight excluding hydrogens is 356 g/mol. The lowest BCUT2D eigenvalue weighted by Gasteiger charge is -2.43. The molecule has 0 bridgehead atoms. The summed E-state index contributed by atoms with van der Waals surface area (Å²) in [5.74, 6) is -0.758. The Kier molecular flexibility index (Phi) is 5.72. The molecule has 1 aliphatic heterocycles. The summed E-state index contributed by atoms with van der Waals surface area (Å²) >= 11 is 1.47. The number of carbonyl (C=O) groups is 3. The molecule has 2 fully saturated rings. The Hall–Kier alpha value is -1.80. The van der Waals surface area contributed by atoms with Crippen LogP contribution in [0.4, 0.5) is 0 Å². The normalized spacial score (nSPS) is 27.8. The van der Waals surface area contributed by atoms with E-state index in [1.807, 2.05) is 6.26 Å². The van der Waals surface area contributed by atoms with E-state index in [1.54, 1.807) is 18.1 Å². The molecule has 1 aromatic rings. The zero-order valence-corrected chi connectivity index (χ0v) is 15.8. The molecule has 1 aliphatic carbocycles. The summed E-state index contributed by atoms with van der Waals surface area (Å²) in [6.45, 7) is 0.468. The zero-order valence-electron chi connectivity index (χ0n) is 15.0. The van der Waals surface area contributed by atoms with Crippen LogP contribution in [0.25, 0.3) is 0 Å². The van der Waals surface area contributed by atoms with Crippen molar-refractivity contribution in [2.45, 2.75) is 43.4 Å². The Morgan fingerprint density at radius 2 is 2.23 bits per heavy atom. The third-order valence-corrected chi connectivity index (χ3v) is 5.98. The Morgan fingerprint density at radius 3 is 2.88 bits per heavy atom. The Bertz CT molecular complexity index is 677. The molecule has 1 N–H and O–H groups in total. The molecule has 2 amide bonds. The average molecular weight is 380 g/mol.